The van der Waals surface area contributed by atoms with Gasteiger partial charge in [-0.2, -0.15) is 0 Å². The largest absolute Gasteiger partial charge is 0.455 e. The molecule has 0 radical (unpaired) electrons. The number of carbonyl (C=O) groups is 1. The minimum atomic E-state index is -0.482. The van der Waals surface area contributed by atoms with E-state index in [0.717, 1.165) is 95.5 Å². The zero-order chi connectivity index (χ0) is 30.2. The van der Waals surface area contributed by atoms with Crippen LogP contribution in [0.4, 0.5) is 0 Å². The summed E-state index contributed by atoms with van der Waals surface area (Å²) < 4.78 is 17.6. The van der Waals surface area contributed by atoms with E-state index in [4.69, 9.17) is 14.2 Å². The van der Waals surface area contributed by atoms with E-state index in [1.807, 2.05) is 13.0 Å². The fraction of sp³-hybridized carbons (Fsp3) is 0.914. The second-order valence-electron chi connectivity index (χ2n) is 13.3. The van der Waals surface area contributed by atoms with Crippen molar-refractivity contribution in [1.82, 2.24) is 0 Å². The van der Waals surface area contributed by atoms with Crippen LogP contribution in [-0.2, 0) is 19.0 Å². The molecule has 0 aromatic rings. The van der Waals surface area contributed by atoms with Crippen LogP contribution in [0.2, 0.25) is 0 Å². The van der Waals surface area contributed by atoms with Crippen LogP contribution in [0.1, 0.15) is 155 Å². The highest BCUT2D eigenvalue weighted by molar-refractivity contribution is 5.90. The van der Waals surface area contributed by atoms with Crippen molar-refractivity contribution in [3.05, 3.63) is 11.6 Å². The van der Waals surface area contributed by atoms with Gasteiger partial charge in [-0.25, -0.2) is 4.79 Å². The van der Waals surface area contributed by atoms with E-state index in [1.54, 1.807) is 0 Å². The summed E-state index contributed by atoms with van der Waals surface area (Å²) in [5.74, 6) is -0.133. The molecule has 3 aliphatic heterocycles. The van der Waals surface area contributed by atoms with Crippen LogP contribution in [0.15, 0.2) is 11.6 Å². The smallest absolute Gasteiger partial charge is 0.334 e. The van der Waals surface area contributed by atoms with Crippen molar-refractivity contribution in [3.63, 3.8) is 0 Å². The number of carbonyl (C=O) groups excluding carboxylic acids is 1. The Bertz CT molecular complexity index is 770. The van der Waals surface area contributed by atoms with Crippen molar-refractivity contribution in [2.45, 2.75) is 204 Å². The molecule has 3 N–H and O–H groups in total. The first-order valence-electron chi connectivity index (χ1n) is 17.6. The first-order valence-corrected chi connectivity index (χ1v) is 17.6. The molecule has 2 fully saturated rings. The van der Waals surface area contributed by atoms with E-state index in [0.29, 0.717) is 6.42 Å². The van der Waals surface area contributed by atoms with E-state index < -0.39 is 12.2 Å². The second-order valence-corrected chi connectivity index (χ2v) is 13.3. The number of cyclic esters (lactones) is 1. The van der Waals surface area contributed by atoms with Crippen LogP contribution < -0.4 is 0 Å². The number of ether oxygens (including phenoxy) is 3. The minimum Gasteiger partial charge on any atom is -0.455 e. The summed E-state index contributed by atoms with van der Waals surface area (Å²) in [6, 6.07) is 0. The van der Waals surface area contributed by atoms with Crippen molar-refractivity contribution < 1.29 is 34.3 Å². The zero-order valence-corrected chi connectivity index (χ0v) is 26.7. The van der Waals surface area contributed by atoms with Crippen LogP contribution in [-0.4, -0.2) is 70.1 Å². The maximum atomic E-state index is 11.6. The van der Waals surface area contributed by atoms with Crippen LogP contribution in [0.3, 0.4) is 0 Å². The van der Waals surface area contributed by atoms with Crippen LogP contribution in [0, 0.1) is 0 Å². The molecular weight excluding hydrogens is 532 g/mol. The first kappa shape index (κ1) is 35.5. The zero-order valence-electron chi connectivity index (χ0n) is 26.7. The molecule has 2 saturated heterocycles. The van der Waals surface area contributed by atoms with Gasteiger partial charge in [0.1, 0.15) is 6.10 Å². The summed E-state index contributed by atoms with van der Waals surface area (Å²) in [5, 5.41) is 31.6. The van der Waals surface area contributed by atoms with E-state index in [1.165, 1.54) is 44.9 Å². The molecule has 0 bridgehead atoms. The highest BCUT2D eigenvalue weighted by Crippen LogP contribution is 2.34. The molecule has 0 amide bonds. The second kappa shape index (κ2) is 20.1. The van der Waals surface area contributed by atoms with Crippen LogP contribution >= 0.6 is 0 Å². The third-order valence-corrected chi connectivity index (χ3v) is 9.56. The molecule has 244 valence electrons. The lowest BCUT2D eigenvalue weighted by molar-refractivity contribution is -0.139. The molecular formula is C35H62O7. The molecule has 8 atom stereocenters. The van der Waals surface area contributed by atoms with Gasteiger partial charge in [-0.1, -0.05) is 77.6 Å². The van der Waals surface area contributed by atoms with Gasteiger partial charge in [0.05, 0.1) is 42.7 Å². The molecule has 42 heavy (non-hydrogen) atoms. The molecule has 0 spiro atoms. The number of esters is 1. The van der Waals surface area contributed by atoms with Crippen molar-refractivity contribution in [3.8, 4) is 0 Å². The summed E-state index contributed by atoms with van der Waals surface area (Å²) in [6.45, 7) is 4.10. The average Bonchev–Trinajstić information content (AvgIpc) is 3.72. The normalized spacial score (nSPS) is 28.2. The van der Waals surface area contributed by atoms with Crippen molar-refractivity contribution in [2.75, 3.05) is 0 Å². The van der Waals surface area contributed by atoms with E-state index in [9.17, 15) is 20.1 Å². The Morgan fingerprint density at radius 3 is 1.76 bits per heavy atom. The highest BCUT2D eigenvalue weighted by atomic mass is 16.6. The maximum absolute atomic E-state index is 11.6. The van der Waals surface area contributed by atoms with Gasteiger partial charge in [-0.3, -0.25) is 0 Å². The summed E-state index contributed by atoms with van der Waals surface area (Å²) >= 11 is 0. The highest BCUT2D eigenvalue weighted by Gasteiger charge is 2.40. The molecule has 0 aliphatic carbocycles. The van der Waals surface area contributed by atoms with E-state index >= 15 is 0 Å². The summed E-state index contributed by atoms with van der Waals surface area (Å²) in [4.78, 5) is 11.6. The number of rotatable bonds is 23. The molecule has 0 aromatic heterocycles. The number of aliphatic hydroxyl groups excluding tert-OH is 3. The maximum Gasteiger partial charge on any atom is 0.334 e. The minimum absolute atomic E-state index is 0.0123. The third-order valence-electron chi connectivity index (χ3n) is 9.56. The molecule has 1 unspecified atom stereocenters. The molecule has 3 aliphatic rings. The molecule has 0 saturated carbocycles. The fourth-order valence-electron chi connectivity index (χ4n) is 6.92. The van der Waals surface area contributed by atoms with Crippen molar-refractivity contribution in [1.29, 1.82) is 0 Å². The number of hydrogen-bond donors (Lipinski definition) is 3. The molecule has 7 nitrogen and oxygen atoms in total. The monoisotopic (exact) mass is 594 g/mol. The number of unbranched alkanes of at least 4 members (excludes halogenated alkanes) is 10. The van der Waals surface area contributed by atoms with Crippen LogP contribution in [0.5, 0.6) is 0 Å². The summed E-state index contributed by atoms with van der Waals surface area (Å²) in [7, 11) is 0. The number of aliphatic hydroxyl groups is 3. The molecule has 0 aromatic carbocycles. The van der Waals surface area contributed by atoms with Crippen LogP contribution in [0.25, 0.3) is 0 Å². The van der Waals surface area contributed by atoms with Gasteiger partial charge < -0.3 is 29.5 Å². The first-order chi connectivity index (χ1) is 20.4. The predicted octanol–water partition coefficient (Wildman–Crippen LogP) is 7.08. The lowest BCUT2D eigenvalue weighted by atomic mass is 9.99. The van der Waals surface area contributed by atoms with Crippen molar-refractivity contribution in [2.24, 2.45) is 0 Å². The topological polar surface area (TPSA) is 105 Å². The Hall–Kier alpha value is -0.990. The van der Waals surface area contributed by atoms with Gasteiger partial charge in [-0.15, -0.1) is 0 Å². The quantitative estimate of drug-likeness (QED) is 0.0858. The molecule has 3 heterocycles. The van der Waals surface area contributed by atoms with Gasteiger partial charge in [0.25, 0.3) is 0 Å². The Morgan fingerprint density at radius 2 is 1.19 bits per heavy atom. The number of hydrogen-bond acceptors (Lipinski definition) is 7. The summed E-state index contributed by atoms with van der Waals surface area (Å²) in [6.07, 6.45) is 22.8. The van der Waals surface area contributed by atoms with Gasteiger partial charge in [0.2, 0.25) is 0 Å². The molecule has 7 heteroatoms. The average molecular weight is 595 g/mol. The lowest BCUT2D eigenvalue weighted by Crippen LogP contribution is -2.33. The van der Waals surface area contributed by atoms with Gasteiger partial charge >= 0.3 is 5.97 Å². The Labute approximate surface area is 255 Å². The Morgan fingerprint density at radius 1 is 0.690 bits per heavy atom. The third kappa shape index (κ3) is 12.9. The fourth-order valence-corrected chi connectivity index (χ4v) is 6.92. The molecule has 3 rings (SSSR count). The van der Waals surface area contributed by atoms with E-state index in [-0.39, 0.29) is 42.6 Å². The van der Waals surface area contributed by atoms with Gasteiger partial charge in [0, 0.05) is 5.57 Å². The van der Waals surface area contributed by atoms with Gasteiger partial charge in [0.15, 0.2) is 0 Å². The van der Waals surface area contributed by atoms with Gasteiger partial charge in [-0.05, 0) is 83.6 Å². The predicted molar refractivity (Wildman–Crippen MR) is 166 cm³/mol. The van der Waals surface area contributed by atoms with E-state index in [2.05, 4.69) is 6.92 Å². The Kier molecular flexibility index (Phi) is 17.0. The van der Waals surface area contributed by atoms with Crippen molar-refractivity contribution >= 4 is 5.97 Å². The SMILES string of the molecule is CCCCCC[C@H](O)CCC[C@H](O)[C@H]1CC[C@@H]([C@@H]2CC[C@@H]([C@@H](O)CCCCCCCCCCC3=CC(C)OC3=O)O2)O1. The Balaban J connectivity index is 1.16. The lowest BCUT2D eigenvalue weighted by Gasteiger charge is -2.24. The summed E-state index contributed by atoms with van der Waals surface area (Å²) in [5.41, 5.74) is 0.851. The standard InChI is InChI=1S/C35H62O7/c1-3-4-5-13-17-28(36)18-15-20-30(38)32-22-24-34(42-32)33-23-21-31(41-33)29(37)19-14-11-9-7-6-8-10-12-16-27-25-26(2)40-35(27)39/h25-26,28-34,36-38H,3-24H2,1-2H3/t26?,28-,29-,30-,31-,32+,33-,34-/m0/s1.